The summed E-state index contributed by atoms with van der Waals surface area (Å²) in [6.07, 6.45) is 0.839. The molecule has 0 fully saturated rings. The molecule has 0 radical (unpaired) electrons. The van der Waals surface area contributed by atoms with Crippen LogP contribution in [0.5, 0.6) is 5.75 Å². The number of hydrogen-bond acceptors (Lipinski definition) is 2. The molecule has 1 aliphatic rings. The summed E-state index contributed by atoms with van der Waals surface area (Å²) in [5.74, 6) is 0.537. The Balaban J connectivity index is 2.15. The molecule has 0 aliphatic carbocycles. The quantitative estimate of drug-likeness (QED) is 0.911. The van der Waals surface area contributed by atoms with E-state index in [0.717, 1.165) is 28.9 Å². The van der Waals surface area contributed by atoms with Gasteiger partial charge >= 0.3 is 0 Å². The summed E-state index contributed by atoms with van der Waals surface area (Å²) in [6.45, 7) is 1.04. The van der Waals surface area contributed by atoms with Gasteiger partial charge in [0.1, 0.15) is 11.6 Å². The van der Waals surface area contributed by atoms with E-state index < -0.39 is 0 Å². The molecule has 4 heteroatoms. The molecule has 2 nitrogen and oxygen atoms in total. The van der Waals surface area contributed by atoms with Crippen molar-refractivity contribution in [2.45, 2.75) is 13.0 Å². The van der Waals surface area contributed by atoms with Gasteiger partial charge in [-0.25, -0.2) is 4.39 Å². The van der Waals surface area contributed by atoms with E-state index in [-0.39, 0.29) is 5.82 Å². The average molecular weight is 278 g/mol. The van der Waals surface area contributed by atoms with Crippen LogP contribution in [-0.4, -0.2) is 6.61 Å². The molecule has 0 saturated carbocycles. The molecule has 1 heterocycles. The first-order valence-corrected chi connectivity index (χ1v) is 6.51. The van der Waals surface area contributed by atoms with E-state index in [4.69, 9.17) is 22.1 Å². The van der Waals surface area contributed by atoms with Gasteiger partial charge in [-0.3, -0.25) is 0 Å². The molecule has 2 aromatic rings. The fraction of sp³-hybridized carbons (Fsp3) is 0.200. The van der Waals surface area contributed by atoms with Crippen molar-refractivity contribution < 1.29 is 9.13 Å². The van der Waals surface area contributed by atoms with Crippen molar-refractivity contribution in [3.8, 4) is 16.9 Å². The molecule has 0 bridgehead atoms. The van der Waals surface area contributed by atoms with Gasteiger partial charge in [0.15, 0.2) is 0 Å². The summed E-state index contributed by atoms with van der Waals surface area (Å²) in [4.78, 5) is 0. The lowest BCUT2D eigenvalue weighted by atomic mass is 9.98. The molecular formula is C15H13ClFNO. The first kappa shape index (κ1) is 12.5. The lowest BCUT2D eigenvalue weighted by Gasteiger charge is -2.10. The lowest BCUT2D eigenvalue weighted by molar-refractivity contribution is 0.353. The Bertz CT molecular complexity index is 642. The van der Waals surface area contributed by atoms with Crippen molar-refractivity contribution >= 4 is 11.6 Å². The van der Waals surface area contributed by atoms with E-state index in [0.29, 0.717) is 23.7 Å². The molecule has 2 aromatic carbocycles. The molecule has 0 atom stereocenters. The van der Waals surface area contributed by atoms with Gasteiger partial charge < -0.3 is 10.5 Å². The zero-order valence-electron chi connectivity index (χ0n) is 10.2. The molecule has 2 N–H and O–H groups in total. The first-order valence-electron chi connectivity index (χ1n) is 6.13. The summed E-state index contributed by atoms with van der Waals surface area (Å²) in [5, 5.41) is 0.393. The zero-order chi connectivity index (χ0) is 13.4. The Morgan fingerprint density at radius 2 is 2.11 bits per heavy atom. The Kier molecular flexibility index (Phi) is 3.17. The molecule has 19 heavy (non-hydrogen) atoms. The fourth-order valence-corrected chi connectivity index (χ4v) is 2.58. The average Bonchev–Trinajstić information content (AvgIpc) is 2.85. The van der Waals surface area contributed by atoms with Gasteiger partial charge in [0.25, 0.3) is 0 Å². The molecule has 98 valence electrons. The minimum Gasteiger partial charge on any atom is -0.493 e. The van der Waals surface area contributed by atoms with E-state index in [1.54, 1.807) is 12.1 Å². The van der Waals surface area contributed by atoms with Crippen LogP contribution >= 0.6 is 11.6 Å². The summed E-state index contributed by atoms with van der Waals surface area (Å²) in [6, 6.07) is 8.55. The topological polar surface area (TPSA) is 35.2 Å². The Morgan fingerprint density at radius 1 is 1.26 bits per heavy atom. The Morgan fingerprint density at radius 3 is 2.84 bits per heavy atom. The number of halogens is 2. The van der Waals surface area contributed by atoms with Crippen molar-refractivity contribution in [2.24, 2.45) is 5.73 Å². The second-order valence-electron chi connectivity index (χ2n) is 4.55. The maximum absolute atomic E-state index is 14.0. The van der Waals surface area contributed by atoms with Gasteiger partial charge in [0.05, 0.1) is 6.61 Å². The highest BCUT2D eigenvalue weighted by atomic mass is 35.5. The summed E-state index contributed by atoms with van der Waals surface area (Å²) >= 11 is 5.78. The summed E-state index contributed by atoms with van der Waals surface area (Å²) in [7, 11) is 0. The number of nitrogens with two attached hydrogens (primary N) is 1. The third kappa shape index (κ3) is 2.20. The molecule has 0 aromatic heterocycles. The van der Waals surface area contributed by atoms with Crippen LogP contribution in [0, 0.1) is 5.82 Å². The van der Waals surface area contributed by atoms with E-state index in [1.165, 1.54) is 6.07 Å². The zero-order valence-corrected chi connectivity index (χ0v) is 11.0. The molecule has 0 saturated heterocycles. The van der Waals surface area contributed by atoms with Gasteiger partial charge in [-0.2, -0.15) is 0 Å². The normalized spacial score (nSPS) is 13.2. The maximum Gasteiger partial charge on any atom is 0.132 e. The molecular weight excluding hydrogens is 265 g/mol. The highest BCUT2D eigenvalue weighted by Gasteiger charge is 2.18. The standard InChI is InChI=1S/C15H13ClFNO/c16-12-1-2-13(14(17)7-12)10-5-9-3-4-19-15(9)11(6-10)8-18/h1-2,5-7H,3-4,8,18H2. The summed E-state index contributed by atoms with van der Waals surface area (Å²) < 4.78 is 19.5. The maximum atomic E-state index is 14.0. The van der Waals surface area contributed by atoms with E-state index in [2.05, 4.69) is 0 Å². The highest BCUT2D eigenvalue weighted by molar-refractivity contribution is 6.30. The van der Waals surface area contributed by atoms with Crippen LogP contribution < -0.4 is 10.5 Å². The third-order valence-corrected chi connectivity index (χ3v) is 3.56. The van der Waals surface area contributed by atoms with Crippen LogP contribution in [0.2, 0.25) is 5.02 Å². The van der Waals surface area contributed by atoms with Gasteiger partial charge in [-0.05, 0) is 41.5 Å². The minimum atomic E-state index is -0.325. The van der Waals surface area contributed by atoms with E-state index >= 15 is 0 Å². The van der Waals surface area contributed by atoms with Crippen molar-refractivity contribution in [2.75, 3.05) is 6.61 Å². The lowest BCUT2D eigenvalue weighted by Crippen LogP contribution is -2.00. The van der Waals surface area contributed by atoms with Gasteiger partial charge in [0, 0.05) is 29.1 Å². The number of benzene rings is 2. The number of fused-ring (bicyclic) bond motifs is 1. The molecule has 1 aliphatic heterocycles. The van der Waals surface area contributed by atoms with Gasteiger partial charge in [-0.15, -0.1) is 0 Å². The van der Waals surface area contributed by atoms with Crippen LogP contribution in [0.1, 0.15) is 11.1 Å². The Labute approximate surface area is 115 Å². The van der Waals surface area contributed by atoms with Gasteiger partial charge in [0.2, 0.25) is 0 Å². The van der Waals surface area contributed by atoms with Crippen LogP contribution in [0.15, 0.2) is 30.3 Å². The van der Waals surface area contributed by atoms with Gasteiger partial charge in [-0.1, -0.05) is 11.6 Å². The monoisotopic (exact) mass is 277 g/mol. The second kappa shape index (κ2) is 4.83. The molecule has 0 unspecified atom stereocenters. The highest BCUT2D eigenvalue weighted by Crippen LogP contribution is 2.35. The molecule has 0 spiro atoms. The van der Waals surface area contributed by atoms with Crippen LogP contribution in [-0.2, 0) is 13.0 Å². The predicted molar refractivity (Wildman–Crippen MR) is 73.9 cm³/mol. The van der Waals surface area contributed by atoms with Crippen molar-refractivity contribution in [3.63, 3.8) is 0 Å². The van der Waals surface area contributed by atoms with Crippen LogP contribution in [0.4, 0.5) is 4.39 Å². The number of rotatable bonds is 2. The molecule has 0 amide bonds. The fourth-order valence-electron chi connectivity index (χ4n) is 2.42. The minimum absolute atomic E-state index is 0.325. The van der Waals surface area contributed by atoms with Crippen molar-refractivity contribution in [3.05, 3.63) is 52.3 Å². The first-order chi connectivity index (χ1) is 9.19. The molecule has 3 rings (SSSR count). The Hall–Kier alpha value is -1.58. The van der Waals surface area contributed by atoms with Crippen molar-refractivity contribution in [1.82, 2.24) is 0 Å². The second-order valence-corrected chi connectivity index (χ2v) is 4.99. The van der Waals surface area contributed by atoms with Crippen molar-refractivity contribution in [1.29, 1.82) is 0 Å². The van der Waals surface area contributed by atoms with Crippen LogP contribution in [0.25, 0.3) is 11.1 Å². The number of ether oxygens (including phenoxy) is 1. The van der Waals surface area contributed by atoms with E-state index in [1.807, 2.05) is 12.1 Å². The third-order valence-electron chi connectivity index (χ3n) is 3.32. The smallest absolute Gasteiger partial charge is 0.132 e. The largest absolute Gasteiger partial charge is 0.493 e. The SMILES string of the molecule is NCc1cc(-c2ccc(Cl)cc2F)cc2c1OCC2. The van der Waals surface area contributed by atoms with Crippen LogP contribution in [0.3, 0.4) is 0 Å². The predicted octanol–water partition coefficient (Wildman–Crippen LogP) is 3.54. The summed E-state index contributed by atoms with van der Waals surface area (Å²) in [5.41, 5.74) is 9.10. The van der Waals surface area contributed by atoms with E-state index in [9.17, 15) is 4.39 Å². The number of hydrogen-bond donors (Lipinski definition) is 1.